The Morgan fingerprint density at radius 3 is 2.70 bits per heavy atom. The number of rotatable bonds is 5. The Balaban J connectivity index is 1.41. The van der Waals surface area contributed by atoms with E-state index in [0.29, 0.717) is 16.9 Å². The van der Waals surface area contributed by atoms with Gasteiger partial charge in [0.05, 0.1) is 5.52 Å². The Hall–Kier alpha value is -3.58. The van der Waals surface area contributed by atoms with Crippen molar-refractivity contribution in [1.29, 1.82) is 0 Å². The minimum atomic E-state index is -0.650. The number of pyridine rings is 1. The van der Waals surface area contributed by atoms with Crippen molar-refractivity contribution in [2.45, 2.75) is 13.5 Å². The minimum Gasteiger partial charge on any atom is -0.451 e. The molecule has 6 nitrogen and oxygen atoms in total. The van der Waals surface area contributed by atoms with E-state index in [4.69, 9.17) is 4.74 Å². The first-order valence-electron chi connectivity index (χ1n) is 9.38. The molecule has 2 aromatic heterocycles. The lowest BCUT2D eigenvalue weighted by Crippen LogP contribution is -2.20. The summed E-state index contributed by atoms with van der Waals surface area (Å²) in [6.07, 6.45) is 1.88. The van der Waals surface area contributed by atoms with Crippen LogP contribution >= 0.6 is 11.3 Å². The number of carbonyl (C=O) groups is 2. The van der Waals surface area contributed by atoms with E-state index in [1.807, 2.05) is 71.6 Å². The summed E-state index contributed by atoms with van der Waals surface area (Å²) in [5, 5.41) is 2.79. The second-order valence-electron chi connectivity index (χ2n) is 6.77. The van der Waals surface area contributed by atoms with Gasteiger partial charge in [-0.25, -0.2) is 9.78 Å². The number of aryl methyl sites for hydroxylation is 1. The summed E-state index contributed by atoms with van der Waals surface area (Å²) >= 11 is 1.35. The van der Waals surface area contributed by atoms with Crippen LogP contribution in [0.25, 0.3) is 10.9 Å². The monoisotopic (exact) mass is 417 g/mol. The van der Waals surface area contributed by atoms with Gasteiger partial charge in [-0.3, -0.25) is 4.79 Å². The zero-order valence-corrected chi connectivity index (χ0v) is 17.1. The smallest absolute Gasteiger partial charge is 0.357 e. The molecule has 0 saturated carbocycles. The molecular formula is C23H19N3O3S. The lowest BCUT2D eigenvalue weighted by atomic mass is 10.1. The molecule has 2 aromatic carbocycles. The molecule has 0 unspecified atom stereocenters. The SMILES string of the molecule is Cc1ccc(Cn2ccsc2=NC(=O)COC(=O)c2ccc3ccccc3n2)cc1. The average Bonchev–Trinajstić information content (AvgIpc) is 3.19. The number of thiazole rings is 1. The van der Waals surface area contributed by atoms with Crippen molar-refractivity contribution in [2.24, 2.45) is 4.99 Å². The minimum absolute atomic E-state index is 0.159. The molecule has 0 spiro atoms. The van der Waals surface area contributed by atoms with Crippen molar-refractivity contribution in [3.63, 3.8) is 0 Å². The average molecular weight is 417 g/mol. The highest BCUT2D eigenvalue weighted by atomic mass is 32.1. The number of amides is 1. The number of carbonyl (C=O) groups excluding carboxylic acids is 2. The number of nitrogens with zero attached hydrogens (tertiary/aromatic N) is 3. The Morgan fingerprint density at radius 1 is 1.07 bits per heavy atom. The maximum Gasteiger partial charge on any atom is 0.357 e. The molecule has 150 valence electrons. The molecule has 0 aliphatic carbocycles. The normalized spacial score (nSPS) is 11.6. The molecule has 0 fully saturated rings. The van der Waals surface area contributed by atoms with Gasteiger partial charge in [0.1, 0.15) is 5.69 Å². The van der Waals surface area contributed by atoms with Gasteiger partial charge in [-0.2, -0.15) is 4.99 Å². The first-order chi connectivity index (χ1) is 14.6. The number of aromatic nitrogens is 2. The summed E-state index contributed by atoms with van der Waals surface area (Å²) in [4.78, 5) is 33.4. The predicted octanol–water partition coefficient (Wildman–Crippen LogP) is 3.74. The lowest BCUT2D eigenvalue weighted by molar-refractivity contribution is -0.121. The number of hydrogen-bond acceptors (Lipinski definition) is 5. The number of para-hydroxylation sites is 1. The van der Waals surface area contributed by atoms with Crippen LogP contribution in [0.3, 0.4) is 0 Å². The zero-order chi connectivity index (χ0) is 20.9. The van der Waals surface area contributed by atoms with Crippen LogP contribution in [0.2, 0.25) is 0 Å². The molecule has 7 heteroatoms. The van der Waals surface area contributed by atoms with Crippen LogP contribution in [0.1, 0.15) is 21.6 Å². The van der Waals surface area contributed by atoms with Crippen molar-refractivity contribution in [3.05, 3.63) is 93.9 Å². The van der Waals surface area contributed by atoms with Crippen molar-refractivity contribution in [2.75, 3.05) is 6.61 Å². The van der Waals surface area contributed by atoms with Crippen LogP contribution < -0.4 is 4.80 Å². The highest BCUT2D eigenvalue weighted by molar-refractivity contribution is 7.07. The van der Waals surface area contributed by atoms with Gasteiger partial charge < -0.3 is 9.30 Å². The maximum atomic E-state index is 12.2. The summed E-state index contributed by atoms with van der Waals surface area (Å²) in [6.45, 7) is 2.21. The summed E-state index contributed by atoms with van der Waals surface area (Å²) in [5.74, 6) is -1.17. The number of esters is 1. The maximum absolute atomic E-state index is 12.2. The quantitative estimate of drug-likeness (QED) is 0.464. The van der Waals surface area contributed by atoms with Crippen molar-refractivity contribution >= 4 is 34.1 Å². The summed E-state index contributed by atoms with van der Waals surface area (Å²) in [7, 11) is 0. The van der Waals surface area contributed by atoms with Crippen LogP contribution in [0, 0.1) is 6.92 Å². The van der Waals surface area contributed by atoms with E-state index in [2.05, 4.69) is 9.98 Å². The van der Waals surface area contributed by atoms with Gasteiger partial charge in [0, 0.05) is 23.5 Å². The third-order valence-electron chi connectivity index (χ3n) is 4.49. The van der Waals surface area contributed by atoms with Crippen LogP contribution in [0.15, 0.2) is 77.2 Å². The standard InChI is InChI=1S/C23H19N3O3S/c1-16-6-8-17(9-7-16)14-26-12-13-30-23(26)25-21(27)15-29-22(28)20-11-10-18-4-2-3-5-19(18)24-20/h2-13H,14-15H2,1H3. The third-order valence-corrected chi connectivity index (χ3v) is 5.28. The molecule has 2 heterocycles. The van der Waals surface area contributed by atoms with E-state index in [-0.39, 0.29) is 5.69 Å². The van der Waals surface area contributed by atoms with Gasteiger partial charge in [-0.05, 0) is 24.6 Å². The molecule has 4 aromatic rings. The highest BCUT2D eigenvalue weighted by Gasteiger charge is 2.12. The van der Waals surface area contributed by atoms with E-state index in [1.165, 1.54) is 16.9 Å². The Morgan fingerprint density at radius 2 is 1.87 bits per heavy atom. The lowest BCUT2D eigenvalue weighted by Gasteiger charge is -2.04. The largest absolute Gasteiger partial charge is 0.451 e. The fourth-order valence-corrected chi connectivity index (χ4v) is 3.66. The van der Waals surface area contributed by atoms with E-state index in [0.717, 1.165) is 10.9 Å². The van der Waals surface area contributed by atoms with Crippen molar-refractivity contribution in [3.8, 4) is 0 Å². The van der Waals surface area contributed by atoms with Gasteiger partial charge in [0.2, 0.25) is 0 Å². The number of hydrogen-bond donors (Lipinski definition) is 0. The molecule has 0 atom stereocenters. The van der Waals surface area contributed by atoms with Gasteiger partial charge in [0.25, 0.3) is 5.91 Å². The fraction of sp³-hybridized carbons (Fsp3) is 0.130. The van der Waals surface area contributed by atoms with Gasteiger partial charge in [-0.1, -0.05) is 54.1 Å². The Kier molecular flexibility index (Phi) is 5.81. The molecule has 0 saturated heterocycles. The Bertz CT molecular complexity index is 1270. The predicted molar refractivity (Wildman–Crippen MR) is 115 cm³/mol. The van der Waals surface area contributed by atoms with E-state index >= 15 is 0 Å². The summed E-state index contributed by atoms with van der Waals surface area (Å²) in [5.41, 5.74) is 3.16. The van der Waals surface area contributed by atoms with Gasteiger partial charge >= 0.3 is 5.97 Å². The molecule has 0 bridgehead atoms. The highest BCUT2D eigenvalue weighted by Crippen LogP contribution is 2.12. The molecule has 0 N–H and O–H groups in total. The second kappa shape index (κ2) is 8.84. The second-order valence-corrected chi connectivity index (χ2v) is 7.64. The van der Waals surface area contributed by atoms with Crippen LogP contribution in [-0.4, -0.2) is 28.0 Å². The molecule has 0 aliphatic heterocycles. The fourth-order valence-electron chi connectivity index (χ4n) is 2.92. The van der Waals surface area contributed by atoms with Gasteiger partial charge in [0.15, 0.2) is 11.4 Å². The van der Waals surface area contributed by atoms with Crippen LogP contribution in [0.5, 0.6) is 0 Å². The van der Waals surface area contributed by atoms with E-state index in [9.17, 15) is 9.59 Å². The molecule has 0 radical (unpaired) electrons. The van der Waals surface area contributed by atoms with Crippen LogP contribution in [0.4, 0.5) is 0 Å². The Labute approximate surface area is 177 Å². The zero-order valence-electron chi connectivity index (χ0n) is 16.3. The molecule has 0 aliphatic rings. The molecular weight excluding hydrogens is 398 g/mol. The number of benzene rings is 2. The topological polar surface area (TPSA) is 73.6 Å². The molecule has 1 amide bonds. The van der Waals surface area contributed by atoms with E-state index < -0.39 is 18.5 Å². The number of ether oxygens (including phenoxy) is 1. The third kappa shape index (κ3) is 4.69. The van der Waals surface area contributed by atoms with Crippen molar-refractivity contribution in [1.82, 2.24) is 9.55 Å². The molecule has 30 heavy (non-hydrogen) atoms. The summed E-state index contributed by atoms with van der Waals surface area (Å²) < 4.78 is 7.00. The van der Waals surface area contributed by atoms with Gasteiger partial charge in [-0.15, -0.1) is 11.3 Å². The first-order valence-corrected chi connectivity index (χ1v) is 10.3. The molecule has 4 rings (SSSR count). The first kappa shape index (κ1) is 19.7. The van der Waals surface area contributed by atoms with Crippen molar-refractivity contribution < 1.29 is 14.3 Å². The number of fused-ring (bicyclic) bond motifs is 1. The van der Waals surface area contributed by atoms with Crippen LogP contribution in [-0.2, 0) is 16.1 Å². The summed E-state index contributed by atoms with van der Waals surface area (Å²) in [6, 6.07) is 19.0. The van der Waals surface area contributed by atoms with E-state index in [1.54, 1.807) is 12.1 Å².